The summed E-state index contributed by atoms with van der Waals surface area (Å²) in [6.07, 6.45) is 1.91. The van der Waals surface area contributed by atoms with Crippen LogP contribution in [-0.2, 0) is 6.54 Å². The van der Waals surface area contributed by atoms with Crippen LogP contribution in [0.3, 0.4) is 0 Å². The molecule has 0 saturated heterocycles. The number of ether oxygens (including phenoxy) is 1. The molecule has 5 heteroatoms. The Morgan fingerprint density at radius 2 is 2.00 bits per heavy atom. The number of benzene rings is 2. The van der Waals surface area contributed by atoms with Crippen molar-refractivity contribution in [2.75, 3.05) is 7.11 Å². The van der Waals surface area contributed by atoms with E-state index in [4.69, 9.17) is 9.84 Å². The lowest BCUT2D eigenvalue weighted by molar-refractivity contribution is 0.0697. The summed E-state index contributed by atoms with van der Waals surface area (Å²) in [5, 5.41) is 14.3. The van der Waals surface area contributed by atoms with Gasteiger partial charge < -0.3 is 9.84 Å². The van der Waals surface area contributed by atoms with Crippen molar-refractivity contribution < 1.29 is 14.6 Å². The smallest absolute Gasteiger partial charge is 0.335 e. The summed E-state index contributed by atoms with van der Waals surface area (Å²) in [5.74, 6) is -0.128. The van der Waals surface area contributed by atoms with Crippen molar-refractivity contribution in [2.45, 2.75) is 6.54 Å². The van der Waals surface area contributed by atoms with E-state index >= 15 is 0 Å². The van der Waals surface area contributed by atoms with Crippen LogP contribution in [0.4, 0.5) is 0 Å². The molecule has 5 nitrogen and oxygen atoms in total. The predicted octanol–water partition coefficient (Wildman–Crippen LogP) is 2.79. The van der Waals surface area contributed by atoms with Crippen LogP contribution < -0.4 is 4.74 Å². The van der Waals surface area contributed by atoms with E-state index in [0.717, 1.165) is 16.7 Å². The monoisotopic (exact) mass is 282 g/mol. The molecule has 0 atom stereocenters. The van der Waals surface area contributed by atoms with Gasteiger partial charge in [0.05, 0.1) is 24.7 Å². The molecule has 0 bridgehead atoms. The highest BCUT2D eigenvalue weighted by atomic mass is 16.5. The molecular formula is C16H14N2O3. The van der Waals surface area contributed by atoms with Gasteiger partial charge in [-0.2, -0.15) is 5.10 Å². The summed E-state index contributed by atoms with van der Waals surface area (Å²) in [5.41, 5.74) is 2.03. The van der Waals surface area contributed by atoms with Crippen molar-refractivity contribution in [3.05, 3.63) is 59.8 Å². The van der Waals surface area contributed by atoms with Gasteiger partial charge in [0.25, 0.3) is 0 Å². The first-order chi connectivity index (χ1) is 10.2. The SMILES string of the molecule is COc1ccc(Cn2cc3ccc(C(=O)O)cc3n2)cc1. The predicted molar refractivity (Wildman–Crippen MR) is 78.8 cm³/mol. The maximum atomic E-state index is 11.0. The lowest BCUT2D eigenvalue weighted by Gasteiger charge is -2.03. The molecule has 1 aromatic heterocycles. The lowest BCUT2D eigenvalue weighted by Crippen LogP contribution is -2.00. The van der Waals surface area contributed by atoms with Gasteiger partial charge in [-0.3, -0.25) is 4.68 Å². The van der Waals surface area contributed by atoms with E-state index in [1.54, 1.807) is 30.0 Å². The van der Waals surface area contributed by atoms with Crippen LogP contribution in [-0.4, -0.2) is 28.0 Å². The Bertz CT molecular complexity index is 791. The van der Waals surface area contributed by atoms with E-state index in [1.807, 2.05) is 30.5 Å². The maximum absolute atomic E-state index is 11.0. The van der Waals surface area contributed by atoms with Gasteiger partial charge in [0.1, 0.15) is 5.75 Å². The van der Waals surface area contributed by atoms with Crippen LogP contribution in [0, 0.1) is 0 Å². The second-order valence-corrected chi connectivity index (χ2v) is 4.75. The maximum Gasteiger partial charge on any atom is 0.335 e. The summed E-state index contributed by atoms with van der Waals surface area (Å²) < 4.78 is 6.93. The number of fused-ring (bicyclic) bond motifs is 1. The van der Waals surface area contributed by atoms with Crippen LogP contribution in [0.5, 0.6) is 5.75 Å². The molecule has 1 heterocycles. The third-order valence-corrected chi connectivity index (χ3v) is 3.31. The number of hydrogen-bond acceptors (Lipinski definition) is 3. The lowest BCUT2D eigenvalue weighted by atomic mass is 10.2. The van der Waals surface area contributed by atoms with E-state index in [1.165, 1.54) is 0 Å². The Morgan fingerprint density at radius 3 is 2.67 bits per heavy atom. The highest BCUT2D eigenvalue weighted by Gasteiger charge is 2.07. The highest BCUT2D eigenvalue weighted by Crippen LogP contribution is 2.17. The Labute approximate surface area is 121 Å². The van der Waals surface area contributed by atoms with E-state index in [2.05, 4.69) is 5.10 Å². The van der Waals surface area contributed by atoms with Gasteiger partial charge >= 0.3 is 5.97 Å². The number of rotatable bonds is 4. The summed E-state index contributed by atoms with van der Waals surface area (Å²) in [6.45, 7) is 0.626. The van der Waals surface area contributed by atoms with Gasteiger partial charge in [0, 0.05) is 11.6 Å². The highest BCUT2D eigenvalue weighted by molar-refractivity contribution is 5.92. The van der Waals surface area contributed by atoms with Crippen LogP contribution in [0.1, 0.15) is 15.9 Å². The van der Waals surface area contributed by atoms with Crippen molar-refractivity contribution in [1.82, 2.24) is 9.78 Å². The molecule has 1 N–H and O–H groups in total. The number of aromatic carboxylic acids is 1. The van der Waals surface area contributed by atoms with Gasteiger partial charge in [-0.15, -0.1) is 0 Å². The normalized spacial score (nSPS) is 10.7. The fourth-order valence-electron chi connectivity index (χ4n) is 2.20. The molecule has 3 rings (SSSR count). The quantitative estimate of drug-likeness (QED) is 0.799. The third-order valence-electron chi connectivity index (χ3n) is 3.31. The minimum absolute atomic E-state index is 0.247. The fraction of sp³-hybridized carbons (Fsp3) is 0.125. The molecular weight excluding hydrogens is 268 g/mol. The molecule has 0 aliphatic rings. The van der Waals surface area contributed by atoms with Gasteiger partial charge in [-0.1, -0.05) is 18.2 Å². The number of aromatic nitrogens is 2. The molecule has 0 fully saturated rings. The van der Waals surface area contributed by atoms with Gasteiger partial charge in [0.2, 0.25) is 0 Å². The first kappa shape index (κ1) is 13.2. The summed E-state index contributed by atoms with van der Waals surface area (Å²) >= 11 is 0. The van der Waals surface area contributed by atoms with Crippen molar-refractivity contribution in [1.29, 1.82) is 0 Å². The number of hydrogen-bond donors (Lipinski definition) is 1. The van der Waals surface area contributed by atoms with Crippen molar-refractivity contribution in [2.24, 2.45) is 0 Å². The average molecular weight is 282 g/mol. The van der Waals surface area contributed by atoms with Crippen LogP contribution in [0.25, 0.3) is 10.9 Å². The van der Waals surface area contributed by atoms with E-state index in [-0.39, 0.29) is 5.56 Å². The van der Waals surface area contributed by atoms with Crippen LogP contribution in [0.2, 0.25) is 0 Å². The van der Waals surface area contributed by atoms with Crippen LogP contribution in [0.15, 0.2) is 48.7 Å². The molecule has 0 aliphatic heterocycles. The summed E-state index contributed by atoms with van der Waals surface area (Å²) in [7, 11) is 1.63. The largest absolute Gasteiger partial charge is 0.497 e. The van der Waals surface area contributed by atoms with Gasteiger partial charge in [-0.25, -0.2) is 4.79 Å². The Morgan fingerprint density at radius 1 is 1.24 bits per heavy atom. The molecule has 0 amide bonds. The molecule has 3 aromatic rings. The Kier molecular flexibility index (Phi) is 3.31. The standard InChI is InChI=1S/C16H14N2O3/c1-21-14-6-2-11(3-7-14)9-18-10-13-5-4-12(16(19)20)8-15(13)17-18/h2-8,10H,9H2,1H3,(H,19,20). The number of nitrogens with zero attached hydrogens (tertiary/aromatic N) is 2. The van der Waals surface area contributed by atoms with E-state index in [0.29, 0.717) is 12.1 Å². The number of carboxylic acid groups (broad SMARTS) is 1. The van der Waals surface area contributed by atoms with Crippen LogP contribution >= 0.6 is 0 Å². The van der Waals surface area contributed by atoms with Gasteiger partial charge in [0.15, 0.2) is 0 Å². The van der Waals surface area contributed by atoms with E-state index < -0.39 is 5.97 Å². The average Bonchev–Trinajstić information content (AvgIpc) is 2.89. The van der Waals surface area contributed by atoms with E-state index in [9.17, 15) is 4.79 Å². The molecule has 2 aromatic carbocycles. The van der Waals surface area contributed by atoms with Crippen molar-refractivity contribution in [3.8, 4) is 5.75 Å². The second kappa shape index (κ2) is 5.28. The molecule has 0 radical (unpaired) electrons. The third kappa shape index (κ3) is 2.72. The summed E-state index contributed by atoms with van der Waals surface area (Å²) in [6, 6.07) is 12.7. The molecule has 21 heavy (non-hydrogen) atoms. The molecule has 0 unspecified atom stereocenters. The molecule has 106 valence electrons. The number of carbonyl (C=O) groups is 1. The Hall–Kier alpha value is -2.82. The first-order valence-corrected chi connectivity index (χ1v) is 6.49. The topological polar surface area (TPSA) is 64.3 Å². The number of methoxy groups -OCH3 is 1. The first-order valence-electron chi connectivity index (χ1n) is 6.49. The minimum Gasteiger partial charge on any atom is -0.497 e. The minimum atomic E-state index is -0.943. The molecule has 0 saturated carbocycles. The second-order valence-electron chi connectivity index (χ2n) is 4.75. The zero-order valence-electron chi connectivity index (χ0n) is 11.5. The fourth-order valence-corrected chi connectivity index (χ4v) is 2.20. The number of carboxylic acids is 1. The zero-order valence-corrected chi connectivity index (χ0v) is 11.5. The van der Waals surface area contributed by atoms with Crippen molar-refractivity contribution >= 4 is 16.9 Å². The summed E-state index contributed by atoms with van der Waals surface area (Å²) in [4.78, 5) is 11.0. The van der Waals surface area contributed by atoms with Crippen molar-refractivity contribution in [3.63, 3.8) is 0 Å². The molecule has 0 aliphatic carbocycles. The Balaban J connectivity index is 1.88. The van der Waals surface area contributed by atoms with Gasteiger partial charge in [-0.05, 0) is 29.8 Å². The zero-order chi connectivity index (χ0) is 14.8. The molecule has 0 spiro atoms.